The predicted octanol–water partition coefficient (Wildman–Crippen LogP) is 3.72. The van der Waals surface area contributed by atoms with Crippen LogP contribution in [-0.4, -0.2) is 43.5 Å². The highest BCUT2D eigenvalue weighted by atomic mass is 32.1. The SMILES string of the molecule is COC(=O)c1ccc2c(c1)CCN2C(=O)c1ccc(CN2CCCCC2)s1. The smallest absolute Gasteiger partial charge is 0.337 e. The molecule has 6 heteroatoms. The van der Waals surface area contributed by atoms with Gasteiger partial charge in [-0.25, -0.2) is 4.79 Å². The van der Waals surface area contributed by atoms with Crippen molar-refractivity contribution < 1.29 is 14.3 Å². The molecule has 1 aromatic carbocycles. The third-order valence-electron chi connectivity index (χ3n) is 5.34. The van der Waals surface area contributed by atoms with E-state index in [0.717, 1.165) is 42.2 Å². The van der Waals surface area contributed by atoms with Crippen molar-refractivity contribution in [3.8, 4) is 0 Å². The molecule has 0 radical (unpaired) electrons. The van der Waals surface area contributed by atoms with E-state index in [0.29, 0.717) is 12.1 Å². The number of carbonyl (C=O) groups is 2. The highest BCUT2D eigenvalue weighted by Gasteiger charge is 2.27. The lowest BCUT2D eigenvalue weighted by Gasteiger charge is -2.25. The first kappa shape index (κ1) is 18.2. The van der Waals surface area contributed by atoms with Crippen LogP contribution in [0.5, 0.6) is 0 Å². The van der Waals surface area contributed by atoms with Gasteiger partial charge in [0.1, 0.15) is 0 Å². The summed E-state index contributed by atoms with van der Waals surface area (Å²) in [6, 6.07) is 9.46. The zero-order chi connectivity index (χ0) is 18.8. The van der Waals surface area contributed by atoms with Crippen LogP contribution in [0.15, 0.2) is 30.3 Å². The van der Waals surface area contributed by atoms with Crippen LogP contribution >= 0.6 is 11.3 Å². The molecule has 2 aromatic rings. The number of benzene rings is 1. The summed E-state index contributed by atoms with van der Waals surface area (Å²) in [6.07, 6.45) is 4.64. The van der Waals surface area contributed by atoms with Gasteiger partial charge in [-0.3, -0.25) is 9.69 Å². The molecule has 0 unspecified atom stereocenters. The molecule has 0 saturated carbocycles. The Morgan fingerprint density at radius 2 is 1.89 bits per heavy atom. The Hall–Kier alpha value is -2.18. The first-order chi connectivity index (χ1) is 13.2. The van der Waals surface area contributed by atoms with E-state index in [1.54, 1.807) is 17.4 Å². The number of carbonyl (C=O) groups excluding carboxylic acids is 2. The van der Waals surface area contributed by atoms with Crippen molar-refractivity contribution in [2.45, 2.75) is 32.2 Å². The standard InChI is InChI=1S/C21H24N2O3S/c1-26-21(25)16-5-7-18-15(13-16)9-12-23(18)20(24)19-8-6-17(27-19)14-22-10-3-2-4-11-22/h5-8,13H,2-4,9-12,14H2,1H3. The average Bonchev–Trinajstić information content (AvgIpc) is 3.34. The molecule has 1 aromatic heterocycles. The summed E-state index contributed by atoms with van der Waals surface area (Å²) in [4.78, 5) is 31.1. The van der Waals surface area contributed by atoms with Gasteiger partial charge in [0.25, 0.3) is 5.91 Å². The number of nitrogens with zero attached hydrogens (tertiary/aromatic N) is 2. The lowest BCUT2D eigenvalue weighted by Crippen LogP contribution is -2.29. The first-order valence-electron chi connectivity index (χ1n) is 9.50. The molecular weight excluding hydrogens is 360 g/mol. The van der Waals surface area contributed by atoms with Crippen LogP contribution in [0.3, 0.4) is 0 Å². The van der Waals surface area contributed by atoms with Gasteiger partial charge in [0.2, 0.25) is 0 Å². The number of hydrogen-bond acceptors (Lipinski definition) is 5. The second kappa shape index (κ2) is 7.82. The topological polar surface area (TPSA) is 49.9 Å². The number of fused-ring (bicyclic) bond motifs is 1. The van der Waals surface area contributed by atoms with Crippen LogP contribution in [0.4, 0.5) is 5.69 Å². The zero-order valence-corrected chi connectivity index (χ0v) is 16.4. The first-order valence-corrected chi connectivity index (χ1v) is 10.3. The van der Waals surface area contributed by atoms with Crippen molar-refractivity contribution in [3.63, 3.8) is 0 Å². The molecule has 0 atom stereocenters. The molecule has 27 heavy (non-hydrogen) atoms. The normalized spacial score (nSPS) is 17.0. The van der Waals surface area contributed by atoms with Gasteiger partial charge in [0.15, 0.2) is 0 Å². The number of hydrogen-bond donors (Lipinski definition) is 0. The molecule has 0 aliphatic carbocycles. The number of thiophene rings is 1. The lowest BCUT2D eigenvalue weighted by atomic mass is 10.1. The van der Waals surface area contributed by atoms with E-state index >= 15 is 0 Å². The molecule has 2 aliphatic rings. The van der Waals surface area contributed by atoms with E-state index in [1.807, 2.05) is 23.1 Å². The second-order valence-electron chi connectivity index (χ2n) is 7.14. The minimum Gasteiger partial charge on any atom is -0.465 e. The summed E-state index contributed by atoms with van der Waals surface area (Å²) in [5, 5.41) is 0. The van der Waals surface area contributed by atoms with Crippen LogP contribution < -0.4 is 4.90 Å². The maximum atomic E-state index is 13.0. The van der Waals surface area contributed by atoms with Gasteiger partial charge in [0, 0.05) is 23.7 Å². The Balaban J connectivity index is 1.47. The number of ether oxygens (including phenoxy) is 1. The minimum absolute atomic E-state index is 0.0504. The number of likely N-dealkylation sites (tertiary alicyclic amines) is 1. The number of amides is 1. The molecule has 0 bridgehead atoms. The third kappa shape index (κ3) is 3.77. The van der Waals surface area contributed by atoms with Gasteiger partial charge in [-0.05, 0) is 68.2 Å². The Kier molecular flexibility index (Phi) is 5.27. The maximum absolute atomic E-state index is 13.0. The van der Waals surface area contributed by atoms with Crippen molar-refractivity contribution in [2.75, 3.05) is 31.6 Å². The van der Waals surface area contributed by atoms with E-state index in [1.165, 1.54) is 31.2 Å². The predicted molar refractivity (Wildman–Crippen MR) is 107 cm³/mol. The van der Waals surface area contributed by atoms with Crippen LogP contribution in [0.2, 0.25) is 0 Å². The quantitative estimate of drug-likeness (QED) is 0.754. The summed E-state index contributed by atoms with van der Waals surface area (Å²) in [5.74, 6) is -0.294. The Bertz CT molecular complexity index is 855. The molecule has 5 nitrogen and oxygen atoms in total. The Morgan fingerprint density at radius 1 is 1.07 bits per heavy atom. The average molecular weight is 385 g/mol. The van der Waals surface area contributed by atoms with Crippen molar-refractivity contribution in [2.24, 2.45) is 0 Å². The molecule has 142 valence electrons. The molecule has 1 amide bonds. The molecular formula is C21H24N2O3S. The van der Waals surface area contributed by atoms with Gasteiger partial charge >= 0.3 is 5.97 Å². The van der Waals surface area contributed by atoms with Crippen molar-refractivity contribution >= 4 is 28.9 Å². The van der Waals surface area contributed by atoms with Gasteiger partial charge in [-0.15, -0.1) is 11.3 Å². The van der Waals surface area contributed by atoms with E-state index in [9.17, 15) is 9.59 Å². The second-order valence-corrected chi connectivity index (χ2v) is 8.31. The zero-order valence-electron chi connectivity index (χ0n) is 15.6. The van der Waals surface area contributed by atoms with Crippen molar-refractivity contribution in [1.82, 2.24) is 4.90 Å². The summed E-state index contributed by atoms with van der Waals surface area (Å²) in [7, 11) is 1.38. The molecule has 1 saturated heterocycles. The minimum atomic E-state index is -0.344. The number of esters is 1. The number of methoxy groups -OCH3 is 1. The van der Waals surface area contributed by atoms with Crippen LogP contribution in [0.25, 0.3) is 0 Å². The van der Waals surface area contributed by atoms with Gasteiger partial charge in [-0.1, -0.05) is 6.42 Å². The number of piperidine rings is 1. The van der Waals surface area contributed by atoms with E-state index in [4.69, 9.17) is 4.74 Å². The summed E-state index contributed by atoms with van der Waals surface area (Å²) in [5.41, 5.74) is 2.46. The number of rotatable bonds is 4. The van der Waals surface area contributed by atoms with Crippen molar-refractivity contribution in [1.29, 1.82) is 0 Å². The summed E-state index contributed by atoms with van der Waals surface area (Å²) in [6.45, 7) is 3.90. The fourth-order valence-corrected chi connectivity index (χ4v) is 4.91. The van der Waals surface area contributed by atoms with Crippen LogP contribution in [-0.2, 0) is 17.7 Å². The van der Waals surface area contributed by atoms with E-state index in [2.05, 4.69) is 11.0 Å². The van der Waals surface area contributed by atoms with E-state index in [-0.39, 0.29) is 11.9 Å². The summed E-state index contributed by atoms with van der Waals surface area (Å²) >= 11 is 1.60. The summed E-state index contributed by atoms with van der Waals surface area (Å²) < 4.78 is 4.78. The van der Waals surface area contributed by atoms with Gasteiger partial charge < -0.3 is 9.64 Å². The molecule has 0 N–H and O–H groups in total. The molecule has 4 rings (SSSR count). The third-order valence-corrected chi connectivity index (χ3v) is 6.40. The van der Waals surface area contributed by atoms with Gasteiger partial charge in [0.05, 0.1) is 17.6 Å². The monoisotopic (exact) mass is 384 g/mol. The number of anilines is 1. The largest absolute Gasteiger partial charge is 0.465 e. The molecule has 2 aliphatic heterocycles. The highest BCUT2D eigenvalue weighted by Crippen LogP contribution is 2.32. The Morgan fingerprint density at radius 3 is 2.67 bits per heavy atom. The lowest BCUT2D eigenvalue weighted by molar-refractivity contribution is 0.0600. The molecule has 3 heterocycles. The fraction of sp³-hybridized carbons (Fsp3) is 0.429. The van der Waals surface area contributed by atoms with Crippen molar-refractivity contribution in [3.05, 3.63) is 51.2 Å². The van der Waals surface area contributed by atoms with Gasteiger partial charge in [-0.2, -0.15) is 0 Å². The molecule has 1 fully saturated rings. The fourth-order valence-electron chi connectivity index (χ4n) is 3.91. The van der Waals surface area contributed by atoms with E-state index < -0.39 is 0 Å². The maximum Gasteiger partial charge on any atom is 0.337 e. The van der Waals surface area contributed by atoms with Crippen LogP contribution in [0, 0.1) is 0 Å². The Labute approximate surface area is 163 Å². The highest BCUT2D eigenvalue weighted by molar-refractivity contribution is 7.14. The van der Waals surface area contributed by atoms with Crippen LogP contribution in [0.1, 0.15) is 49.7 Å². The molecule has 0 spiro atoms.